The van der Waals surface area contributed by atoms with Gasteiger partial charge in [-0.1, -0.05) is 35.5 Å². The Morgan fingerprint density at radius 1 is 1.07 bits per heavy atom. The van der Waals surface area contributed by atoms with Gasteiger partial charge in [-0.15, -0.1) is 10.2 Å². The van der Waals surface area contributed by atoms with Crippen molar-refractivity contribution in [2.75, 3.05) is 31.2 Å². The van der Waals surface area contributed by atoms with Crippen molar-refractivity contribution in [2.45, 2.75) is 6.54 Å². The fraction of sp³-hybridized carbons (Fsp3) is 0.278. The molecule has 0 saturated carbocycles. The van der Waals surface area contributed by atoms with Gasteiger partial charge in [0.25, 0.3) is 5.91 Å². The normalized spacial score (nSPS) is 14.1. The maximum Gasteiger partial charge on any atom is 0.272 e. The molecule has 0 spiro atoms. The van der Waals surface area contributed by atoms with Gasteiger partial charge in [-0.2, -0.15) is 4.98 Å². The second-order valence-corrected chi connectivity index (χ2v) is 5.94. The highest BCUT2D eigenvalue weighted by Gasteiger charge is 2.15. The van der Waals surface area contributed by atoms with Crippen molar-refractivity contribution >= 4 is 11.7 Å². The summed E-state index contributed by atoms with van der Waals surface area (Å²) in [6.45, 7) is 2.98. The van der Waals surface area contributed by atoms with Crippen molar-refractivity contribution in [3.63, 3.8) is 0 Å². The Kier molecular flexibility index (Phi) is 5.01. The van der Waals surface area contributed by atoms with Crippen LogP contribution in [0.1, 0.15) is 16.4 Å². The molecule has 2 aromatic heterocycles. The first-order chi connectivity index (χ1) is 13.3. The molecule has 1 aliphatic heterocycles. The topological polar surface area (TPSA) is 106 Å². The van der Waals surface area contributed by atoms with Gasteiger partial charge >= 0.3 is 0 Å². The highest BCUT2D eigenvalue weighted by Crippen LogP contribution is 2.15. The predicted molar refractivity (Wildman–Crippen MR) is 96.0 cm³/mol. The van der Waals surface area contributed by atoms with Gasteiger partial charge in [0.15, 0.2) is 11.5 Å². The second-order valence-electron chi connectivity index (χ2n) is 5.94. The molecule has 0 aliphatic carbocycles. The number of aromatic nitrogens is 4. The van der Waals surface area contributed by atoms with E-state index in [9.17, 15) is 4.79 Å². The van der Waals surface area contributed by atoms with E-state index in [1.807, 2.05) is 30.3 Å². The van der Waals surface area contributed by atoms with Gasteiger partial charge in [0.05, 0.1) is 19.8 Å². The molecular formula is C18H18N6O3. The first-order valence-corrected chi connectivity index (χ1v) is 8.62. The van der Waals surface area contributed by atoms with Crippen molar-refractivity contribution < 1.29 is 14.1 Å². The number of amides is 1. The van der Waals surface area contributed by atoms with Gasteiger partial charge in [-0.05, 0) is 12.1 Å². The summed E-state index contributed by atoms with van der Waals surface area (Å²) >= 11 is 0. The fourth-order valence-electron chi connectivity index (χ4n) is 2.69. The molecule has 0 bridgehead atoms. The van der Waals surface area contributed by atoms with E-state index in [4.69, 9.17) is 9.26 Å². The maximum atomic E-state index is 12.2. The molecule has 27 heavy (non-hydrogen) atoms. The van der Waals surface area contributed by atoms with Crippen LogP contribution in [0.4, 0.5) is 5.82 Å². The Morgan fingerprint density at radius 2 is 1.89 bits per heavy atom. The molecule has 4 rings (SSSR count). The number of morpholine rings is 1. The molecule has 1 fully saturated rings. The Bertz CT molecular complexity index is 891. The zero-order valence-corrected chi connectivity index (χ0v) is 14.5. The lowest BCUT2D eigenvalue weighted by molar-refractivity contribution is 0.0940. The number of anilines is 1. The summed E-state index contributed by atoms with van der Waals surface area (Å²) in [5.41, 5.74) is 1.08. The number of carbonyl (C=O) groups excluding carboxylic acids is 1. The minimum Gasteiger partial charge on any atom is -0.378 e. The van der Waals surface area contributed by atoms with Crippen LogP contribution >= 0.6 is 0 Å². The number of nitrogens with one attached hydrogen (secondary N) is 1. The maximum absolute atomic E-state index is 12.2. The lowest BCUT2D eigenvalue weighted by Crippen LogP contribution is -2.37. The molecule has 9 heteroatoms. The molecule has 3 heterocycles. The molecule has 1 N–H and O–H groups in total. The largest absolute Gasteiger partial charge is 0.378 e. The van der Waals surface area contributed by atoms with E-state index in [1.165, 1.54) is 0 Å². The van der Waals surface area contributed by atoms with Gasteiger partial charge in [-0.3, -0.25) is 4.79 Å². The average Bonchev–Trinajstić information content (AvgIpc) is 3.22. The average molecular weight is 366 g/mol. The van der Waals surface area contributed by atoms with Gasteiger partial charge in [0.2, 0.25) is 11.7 Å². The number of hydrogen-bond acceptors (Lipinski definition) is 8. The van der Waals surface area contributed by atoms with Crippen LogP contribution in [0.15, 0.2) is 47.0 Å². The monoisotopic (exact) mass is 366 g/mol. The Labute approximate surface area is 155 Å². The fourth-order valence-corrected chi connectivity index (χ4v) is 2.69. The van der Waals surface area contributed by atoms with E-state index in [2.05, 4.69) is 30.6 Å². The minimum absolute atomic E-state index is 0.117. The molecule has 138 valence electrons. The summed E-state index contributed by atoms with van der Waals surface area (Å²) in [7, 11) is 0. The summed E-state index contributed by atoms with van der Waals surface area (Å²) in [5.74, 6) is 1.18. The molecule has 1 amide bonds. The van der Waals surface area contributed by atoms with Crippen LogP contribution in [0.3, 0.4) is 0 Å². The summed E-state index contributed by atoms with van der Waals surface area (Å²) < 4.78 is 10.5. The van der Waals surface area contributed by atoms with E-state index in [0.29, 0.717) is 24.9 Å². The van der Waals surface area contributed by atoms with E-state index >= 15 is 0 Å². The SMILES string of the molecule is O=C(NCc1nc(-c2ccccc2)no1)c1ccc(N2CCOCC2)nn1. The van der Waals surface area contributed by atoms with Crippen LogP contribution in [-0.2, 0) is 11.3 Å². The number of nitrogens with zero attached hydrogens (tertiary/aromatic N) is 5. The van der Waals surface area contributed by atoms with Crippen LogP contribution in [0.5, 0.6) is 0 Å². The first kappa shape index (κ1) is 17.1. The summed E-state index contributed by atoms with van der Waals surface area (Å²) in [4.78, 5) is 18.6. The molecule has 1 aromatic carbocycles. The van der Waals surface area contributed by atoms with Crippen LogP contribution < -0.4 is 10.2 Å². The number of hydrogen-bond donors (Lipinski definition) is 1. The molecule has 0 atom stereocenters. The Morgan fingerprint density at radius 3 is 2.63 bits per heavy atom. The van der Waals surface area contributed by atoms with Crippen LogP contribution in [0, 0.1) is 0 Å². The molecule has 1 saturated heterocycles. The van der Waals surface area contributed by atoms with E-state index < -0.39 is 0 Å². The van der Waals surface area contributed by atoms with E-state index in [-0.39, 0.29) is 18.1 Å². The Balaban J connectivity index is 1.35. The third-order valence-corrected chi connectivity index (χ3v) is 4.12. The van der Waals surface area contributed by atoms with Gasteiger partial charge in [0.1, 0.15) is 0 Å². The number of benzene rings is 1. The molecule has 3 aromatic rings. The summed E-state index contributed by atoms with van der Waals surface area (Å²) in [6.07, 6.45) is 0. The van der Waals surface area contributed by atoms with Gasteiger partial charge < -0.3 is 19.5 Å². The second kappa shape index (κ2) is 7.92. The zero-order chi connectivity index (χ0) is 18.5. The Hall–Kier alpha value is -3.33. The van der Waals surface area contributed by atoms with E-state index in [0.717, 1.165) is 24.5 Å². The lowest BCUT2D eigenvalue weighted by atomic mass is 10.2. The van der Waals surface area contributed by atoms with Crippen LogP contribution in [0.2, 0.25) is 0 Å². The van der Waals surface area contributed by atoms with Gasteiger partial charge in [0, 0.05) is 18.7 Å². The number of ether oxygens (including phenoxy) is 1. The highest BCUT2D eigenvalue weighted by atomic mass is 16.5. The third-order valence-electron chi connectivity index (χ3n) is 4.12. The molecule has 1 aliphatic rings. The standard InChI is InChI=1S/C18H18N6O3/c25-18(14-6-7-15(22-21-14)24-8-10-26-11-9-24)19-12-16-20-17(23-27-16)13-4-2-1-3-5-13/h1-7H,8-12H2,(H,19,25). The molecule has 9 nitrogen and oxygen atoms in total. The van der Waals surface area contributed by atoms with E-state index in [1.54, 1.807) is 12.1 Å². The van der Waals surface area contributed by atoms with Crippen molar-refractivity contribution in [3.8, 4) is 11.4 Å². The van der Waals surface area contributed by atoms with Crippen molar-refractivity contribution in [2.24, 2.45) is 0 Å². The molecule has 0 radical (unpaired) electrons. The first-order valence-electron chi connectivity index (χ1n) is 8.62. The van der Waals surface area contributed by atoms with Crippen molar-refractivity contribution in [1.82, 2.24) is 25.7 Å². The zero-order valence-electron chi connectivity index (χ0n) is 14.5. The smallest absolute Gasteiger partial charge is 0.272 e. The van der Waals surface area contributed by atoms with Gasteiger partial charge in [-0.25, -0.2) is 0 Å². The van der Waals surface area contributed by atoms with Crippen LogP contribution in [-0.4, -0.2) is 52.5 Å². The van der Waals surface area contributed by atoms with Crippen molar-refractivity contribution in [1.29, 1.82) is 0 Å². The summed E-state index contributed by atoms with van der Waals surface area (Å²) in [6, 6.07) is 12.9. The molecular weight excluding hydrogens is 348 g/mol. The lowest BCUT2D eigenvalue weighted by Gasteiger charge is -2.27. The quantitative estimate of drug-likeness (QED) is 0.720. The van der Waals surface area contributed by atoms with Crippen LogP contribution in [0.25, 0.3) is 11.4 Å². The molecule has 0 unspecified atom stereocenters. The number of rotatable bonds is 5. The van der Waals surface area contributed by atoms with Crippen molar-refractivity contribution in [3.05, 3.63) is 54.0 Å². The number of carbonyl (C=O) groups is 1. The minimum atomic E-state index is -0.351. The predicted octanol–water partition coefficient (Wildman–Crippen LogP) is 1.29. The summed E-state index contributed by atoms with van der Waals surface area (Å²) in [5, 5.41) is 14.8. The highest BCUT2D eigenvalue weighted by molar-refractivity contribution is 5.92. The third kappa shape index (κ3) is 4.09.